The van der Waals surface area contributed by atoms with Gasteiger partial charge in [0, 0.05) is 7.11 Å². The number of amides is 1. The Kier molecular flexibility index (Phi) is 5.49. The first kappa shape index (κ1) is 17.9. The van der Waals surface area contributed by atoms with Crippen LogP contribution in [0.5, 0.6) is 0 Å². The SMILES string of the molecule is COC(=O)/C(=C/c1ccccc1)CN1C(=O)[C@@H](OC)[C@H]1c1ccccc1. The van der Waals surface area contributed by atoms with Crippen LogP contribution in [0.2, 0.25) is 0 Å². The van der Waals surface area contributed by atoms with Crippen LogP contribution >= 0.6 is 0 Å². The Morgan fingerprint density at radius 3 is 2.23 bits per heavy atom. The molecule has 1 amide bonds. The van der Waals surface area contributed by atoms with E-state index in [-0.39, 0.29) is 18.5 Å². The summed E-state index contributed by atoms with van der Waals surface area (Å²) in [5.74, 6) is -0.585. The number of likely N-dealkylation sites (tertiary alicyclic amines) is 1. The van der Waals surface area contributed by atoms with E-state index in [1.807, 2.05) is 60.7 Å². The summed E-state index contributed by atoms with van der Waals surface area (Å²) in [5, 5.41) is 0. The molecule has 1 aliphatic heterocycles. The minimum Gasteiger partial charge on any atom is -0.466 e. The van der Waals surface area contributed by atoms with Gasteiger partial charge < -0.3 is 14.4 Å². The van der Waals surface area contributed by atoms with Gasteiger partial charge in [-0.3, -0.25) is 4.79 Å². The van der Waals surface area contributed by atoms with Crippen molar-refractivity contribution in [3.63, 3.8) is 0 Å². The highest BCUT2D eigenvalue weighted by Crippen LogP contribution is 2.37. The molecule has 0 aliphatic carbocycles. The minimum atomic E-state index is -0.534. The second kappa shape index (κ2) is 7.97. The number of hydrogen-bond donors (Lipinski definition) is 0. The van der Waals surface area contributed by atoms with E-state index in [0.29, 0.717) is 5.57 Å². The third kappa shape index (κ3) is 3.53. The topological polar surface area (TPSA) is 55.8 Å². The molecule has 2 aromatic carbocycles. The number of β-lactam (4-membered cyclic amide) rings is 1. The molecule has 5 heteroatoms. The van der Waals surface area contributed by atoms with Crippen molar-refractivity contribution in [2.45, 2.75) is 12.1 Å². The van der Waals surface area contributed by atoms with Gasteiger partial charge in [-0.25, -0.2) is 4.79 Å². The molecule has 1 saturated heterocycles. The largest absolute Gasteiger partial charge is 0.466 e. The zero-order valence-corrected chi connectivity index (χ0v) is 14.8. The van der Waals surface area contributed by atoms with Gasteiger partial charge in [0.25, 0.3) is 5.91 Å². The van der Waals surface area contributed by atoms with E-state index < -0.39 is 12.1 Å². The van der Waals surface area contributed by atoms with Crippen LogP contribution in [0.15, 0.2) is 66.2 Å². The predicted molar refractivity (Wildman–Crippen MR) is 98.1 cm³/mol. The fourth-order valence-electron chi connectivity index (χ4n) is 3.16. The van der Waals surface area contributed by atoms with E-state index in [2.05, 4.69) is 0 Å². The maximum absolute atomic E-state index is 12.5. The van der Waals surface area contributed by atoms with Gasteiger partial charge >= 0.3 is 5.97 Å². The number of carbonyl (C=O) groups is 2. The number of nitrogens with zero attached hydrogens (tertiary/aromatic N) is 1. The van der Waals surface area contributed by atoms with Crippen molar-refractivity contribution >= 4 is 18.0 Å². The van der Waals surface area contributed by atoms with Crippen molar-refractivity contribution in [2.24, 2.45) is 0 Å². The zero-order valence-electron chi connectivity index (χ0n) is 14.8. The van der Waals surface area contributed by atoms with Crippen molar-refractivity contribution in [2.75, 3.05) is 20.8 Å². The third-order valence-electron chi connectivity index (χ3n) is 4.47. The molecule has 1 aliphatic rings. The van der Waals surface area contributed by atoms with Gasteiger partial charge in [0.15, 0.2) is 6.10 Å². The summed E-state index contributed by atoms with van der Waals surface area (Å²) in [7, 11) is 2.86. The molecule has 0 bridgehead atoms. The van der Waals surface area contributed by atoms with Crippen LogP contribution in [0.1, 0.15) is 17.2 Å². The van der Waals surface area contributed by atoms with E-state index in [0.717, 1.165) is 11.1 Å². The van der Waals surface area contributed by atoms with Gasteiger partial charge in [0.05, 0.1) is 25.3 Å². The summed E-state index contributed by atoms with van der Waals surface area (Å²) < 4.78 is 10.3. The quantitative estimate of drug-likeness (QED) is 0.456. The van der Waals surface area contributed by atoms with Crippen LogP contribution in [-0.4, -0.2) is 43.6 Å². The molecule has 0 N–H and O–H groups in total. The molecular formula is C21H21NO4. The van der Waals surface area contributed by atoms with Gasteiger partial charge in [-0.05, 0) is 17.2 Å². The van der Waals surface area contributed by atoms with Gasteiger partial charge in [0.1, 0.15) is 0 Å². The number of ether oxygens (including phenoxy) is 2. The zero-order chi connectivity index (χ0) is 18.5. The molecule has 0 aromatic heterocycles. The lowest BCUT2D eigenvalue weighted by Crippen LogP contribution is -2.60. The first-order valence-corrected chi connectivity index (χ1v) is 8.38. The minimum absolute atomic E-state index is 0.135. The summed E-state index contributed by atoms with van der Waals surface area (Å²) >= 11 is 0. The lowest BCUT2D eigenvalue weighted by Gasteiger charge is -2.46. The highest BCUT2D eigenvalue weighted by molar-refractivity contribution is 5.96. The molecule has 26 heavy (non-hydrogen) atoms. The number of rotatable bonds is 6. The molecule has 134 valence electrons. The standard InChI is InChI=1S/C21H21NO4/c1-25-19-18(16-11-7-4-8-12-16)22(20(19)23)14-17(21(24)26-2)13-15-9-5-3-6-10-15/h3-13,18-19H,14H2,1-2H3/b17-13+/t18-,19+/m1/s1. The van der Waals surface area contributed by atoms with E-state index in [1.165, 1.54) is 14.2 Å². The summed E-state index contributed by atoms with van der Waals surface area (Å²) in [6, 6.07) is 18.9. The monoisotopic (exact) mass is 351 g/mol. The molecule has 2 atom stereocenters. The second-order valence-electron chi connectivity index (χ2n) is 6.05. The van der Waals surface area contributed by atoms with Gasteiger partial charge in [-0.2, -0.15) is 0 Å². The van der Waals surface area contributed by atoms with Crippen molar-refractivity contribution < 1.29 is 19.1 Å². The summed E-state index contributed by atoms with van der Waals surface area (Å²) in [4.78, 5) is 26.4. The summed E-state index contributed by atoms with van der Waals surface area (Å²) in [6.45, 7) is 0.166. The molecule has 0 saturated carbocycles. The number of benzene rings is 2. The fraction of sp³-hybridized carbons (Fsp3) is 0.238. The average Bonchev–Trinajstić information content (AvgIpc) is 2.69. The molecular weight excluding hydrogens is 330 g/mol. The Hall–Kier alpha value is -2.92. The molecule has 5 nitrogen and oxygen atoms in total. The lowest BCUT2D eigenvalue weighted by atomic mass is 9.89. The molecule has 3 rings (SSSR count). The van der Waals surface area contributed by atoms with Gasteiger partial charge in [0.2, 0.25) is 0 Å². The molecule has 0 radical (unpaired) electrons. The molecule has 0 spiro atoms. The Morgan fingerprint density at radius 2 is 1.65 bits per heavy atom. The smallest absolute Gasteiger partial charge is 0.335 e. The molecule has 1 fully saturated rings. The first-order chi connectivity index (χ1) is 12.7. The van der Waals surface area contributed by atoms with E-state index >= 15 is 0 Å². The summed E-state index contributed by atoms with van der Waals surface area (Å²) in [6.07, 6.45) is 1.22. The average molecular weight is 351 g/mol. The van der Waals surface area contributed by atoms with Crippen molar-refractivity contribution in [3.05, 3.63) is 77.4 Å². The van der Waals surface area contributed by atoms with E-state index in [4.69, 9.17) is 9.47 Å². The first-order valence-electron chi connectivity index (χ1n) is 8.38. The Bertz CT molecular complexity index is 801. The number of esters is 1. The Balaban J connectivity index is 1.89. The van der Waals surface area contributed by atoms with Crippen LogP contribution < -0.4 is 0 Å². The highest BCUT2D eigenvalue weighted by atomic mass is 16.5. The molecule has 2 aromatic rings. The van der Waals surface area contributed by atoms with Crippen LogP contribution in [0, 0.1) is 0 Å². The van der Waals surface area contributed by atoms with Crippen LogP contribution in [-0.2, 0) is 19.1 Å². The van der Waals surface area contributed by atoms with E-state index in [9.17, 15) is 9.59 Å². The van der Waals surface area contributed by atoms with E-state index in [1.54, 1.807) is 11.0 Å². The number of carbonyl (C=O) groups excluding carboxylic acids is 2. The maximum Gasteiger partial charge on any atom is 0.335 e. The van der Waals surface area contributed by atoms with Crippen LogP contribution in [0.3, 0.4) is 0 Å². The summed E-state index contributed by atoms with van der Waals surface area (Å²) in [5.41, 5.74) is 2.27. The maximum atomic E-state index is 12.5. The van der Waals surface area contributed by atoms with Gasteiger partial charge in [-0.1, -0.05) is 60.7 Å². The van der Waals surface area contributed by atoms with Crippen molar-refractivity contribution in [1.82, 2.24) is 4.90 Å². The highest BCUT2D eigenvalue weighted by Gasteiger charge is 2.48. The lowest BCUT2D eigenvalue weighted by molar-refractivity contribution is -0.170. The number of hydrogen-bond acceptors (Lipinski definition) is 4. The number of methoxy groups -OCH3 is 2. The van der Waals surface area contributed by atoms with Gasteiger partial charge in [-0.15, -0.1) is 0 Å². The molecule has 1 heterocycles. The Morgan fingerprint density at radius 1 is 1.04 bits per heavy atom. The fourth-order valence-corrected chi connectivity index (χ4v) is 3.16. The second-order valence-corrected chi connectivity index (χ2v) is 6.05. The predicted octanol–water partition coefficient (Wildman–Crippen LogP) is 2.84. The van der Waals surface area contributed by atoms with Crippen LogP contribution in [0.4, 0.5) is 0 Å². The van der Waals surface area contributed by atoms with Crippen molar-refractivity contribution in [3.8, 4) is 0 Å². The normalized spacial score (nSPS) is 19.8. The van der Waals surface area contributed by atoms with Crippen LogP contribution in [0.25, 0.3) is 6.08 Å². The third-order valence-corrected chi connectivity index (χ3v) is 4.47. The molecule has 0 unspecified atom stereocenters. The Labute approximate surface area is 152 Å². The van der Waals surface area contributed by atoms with Crippen molar-refractivity contribution in [1.29, 1.82) is 0 Å².